The van der Waals surface area contributed by atoms with Gasteiger partial charge in [0.1, 0.15) is 10.7 Å². The average molecular weight is 276 g/mol. The molecule has 0 radical (unpaired) electrons. The number of nitrogens with two attached hydrogens (primary N) is 1. The van der Waals surface area contributed by atoms with Crippen LogP contribution in [0.1, 0.15) is 15.2 Å². The maximum Gasteiger partial charge on any atom is 0.269 e. The second-order valence-electron chi connectivity index (χ2n) is 3.44. The summed E-state index contributed by atoms with van der Waals surface area (Å²) in [6.07, 6.45) is 1.32. The molecule has 0 atom stereocenters. The number of halogens is 1. The van der Waals surface area contributed by atoms with Gasteiger partial charge in [0.2, 0.25) is 0 Å². The van der Waals surface area contributed by atoms with Crippen LogP contribution in [0.4, 0.5) is 10.1 Å². The van der Waals surface area contributed by atoms with E-state index < -0.39 is 11.7 Å². The number of carbonyl (C=O) groups is 1. The predicted molar refractivity (Wildman–Crippen MR) is 70.2 cm³/mol. The smallest absolute Gasteiger partial charge is 0.269 e. The molecule has 1 heterocycles. The van der Waals surface area contributed by atoms with Gasteiger partial charge in [-0.3, -0.25) is 4.79 Å². The molecule has 1 aromatic carbocycles. The summed E-state index contributed by atoms with van der Waals surface area (Å²) in [4.78, 5) is 12.0. The second-order valence-corrected chi connectivity index (χ2v) is 4.22. The van der Waals surface area contributed by atoms with Crippen LogP contribution in [0.3, 0.4) is 0 Å². The van der Waals surface area contributed by atoms with Crippen molar-refractivity contribution in [2.75, 3.05) is 11.9 Å². The fourth-order valence-electron chi connectivity index (χ4n) is 1.30. The van der Waals surface area contributed by atoms with E-state index in [-0.39, 0.29) is 12.2 Å². The summed E-state index contributed by atoms with van der Waals surface area (Å²) in [5, 5.41) is 5.98. The molecule has 0 saturated carbocycles. The number of nitrogens with zero attached hydrogens (tertiary/aromatic N) is 2. The summed E-state index contributed by atoms with van der Waals surface area (Å²) in [5.74, 6) is 4.32. The lowest BCUT2D eigenvalue weighted by molar-refractivity contribution is 0.103. The first-order chi connectivity index (χ1) is 9.20. The molecule has 2 rings (SSSR count). The van der Waals surface area contributed by atoms with Crippen molar-refractivity contribution in [3.63, 3.8) is 0 Å². The molecule has 0 aliphatic carbocycles. The number of carbonyl (C=O) groups excluding carboxylic acids is 1. The lowest BCUT2D eigenvalue weighted by Gasteiger charge is -2.04. The van der Waals surface area contributed by atoms with Crippen molar-refractivity contribution in [1.29, 1.82) is 0 Å². The van der Waals surface area contributed by atoms with Gasteiger partial charge in [-0.2, -0.15) is 0 Å². The van der Waals surface area contributed by atoms with E-state index in [4.69, 9.17) is 5.73 Å². The fourth-order valence-corrected chi connectivity index (χ4v) is 1.71. The van der Waals surface area contributed by atoms with Crippen LogP contribution in [0.25, 0.3) is 0 Å². The largest absolute Gasteiger partial charge is 0.320 e. The Hall–Kier alpha value is -2.30. The van der Waals surface area contributed by atoms with Crippen LogP contribution >= 0.6 is 11.5 Å². The van der Waals surface area contributed by atoms with Crippen molar-refractivity contribution < 1.29 is 9.18 Å². The van der Waals surface area contributed by atoms with E-state index in [0.29, 0.717) is 10.4 Å². The summed E-state index contributed by atoms with van der Waals surface area (Å²) in [7, 11) is 0. The van der Waals surface area contributed by atoms with E-state index in [0.717, 1.165) is 11.5 Å². The molecule has 0 aliphatic rings. The fraction of sp³-hybridized carbons (Fsp3) is 0.0833. The normalized spacial score (nSPS) is 9.58. The molecule has 1 aromatic heterocycles. The Morgan fingerprint density at radius 2 is 2.37 bits per heavy atom. The Morgan fingerprint density at radius 1 is 1.53 bits per heavy atom. The zero-order valence-electron chi connectivity index (χ0n) is 9.68. The van der Waals surface area contributed by atoms with Gasteiger partial charge in [0.25, 0.3) is 5.91 Å². The van der Waals surface area contributed by atoms with E-state index >= 15 is 0 Å². The number of aromatic nitrogens is 2. The quantitative estimate of drug-likeness (QED) is 0.809. The number of anilines is 1. The number of nitrogens with one attached hydrogen (secondary N) is 1. The Bertz CT molecular complexity index is 645. The standard InChI is InChI=1S/C12H9FN4OS/c13-9-6-8(2-1-5-14)3-4-10(9)16-12(18)11-7-15-17-19-11/h3-4,6-7H,5,14H2,(H,16,18). The monoisotopic (exact) mass is 276 g/mol. The van der Waals surface area contributed by atoms with Gasteiger partial charge in [0, 0.05) is 5.56 Å². The predicted octanol–water partition coefficient (Wildman–Crippen LogP) is 1.24. The Kier molecular flexibility index (Phi) is 4.18. The first-order valence-electron chi connectivity index (χ1n) is 5.28. The van der Waals surface area contributed by atoms with Gasteiger partial charge < -0.3 is 11.1 Å². The molecule has 0 fully saturated rings. The number of hydrogen-bond donors (Lipinski definition) is 2. The van der Waals surface area contributed by atoms with Crippen LogP contribution < -0.4 is 11.1 Å². The molecular formula is C12H9FN4OS. The maximum atomic E-state index is 13.7. The minimum absolute atomic E-state index is 0.0803. The van der Waals surface area contributed by atoms with Gasteiger partial charge in [-0.05, 0) is 29.7 Å². The summed E-state index contributed by atoms with van der Waals surface area (Å²) in [5.41, 5.74) is 5.81. The minimum Gasteiger partial charge on any atom is -0.320 e. The van der Waals surface area contributed by atoms with E-state index in [9.17, 15) is 9.18 Å². The van der Waals surface area contributed by atoms with E-state index in [1.165, 1.54) is 18.3 Å². The van der Waals surface area contributed by atoms with Crippen molar-refractivity contribution in [1.82, 2.24) is 9.59 Å². The van der Waals surface area contributed by atoms with Crippen molar-refractivity contribution in [3.8, 4) is 11.8 Å². The molecule has 0 saturated heterocycles. The summed E-state index contributed by atoms with van der Waals surface area (Å²) in [6.45, 7) is 0.207. The molecule has 19 heavy (non-hydrogen) atoms. The van der Waals surface area contributed by atoms with Crippen LogP contribution in [0.2, 0.25) is 0 Å². The minimum atomic E-state index is -0.561. The van der Waals surface area contributed by atoms with Crippen molar-refractivity contribution in [2.45, 2.75) is 0 Å². The molecular weight excluding hydrogens is 267 g/mol. The first kappa shape index (κ1) is 13.1. The number of hydrogen-bond acceptors (Lipinski definition) is 5. The third kappa shape index (κ3) is 3.34. The number of rotatable bonds is 2. The highest BCUT2D eigenvalue weighted by Crippen LogP contribution is 2.17. The average Bonchev–Trinajstić information content (AvgIpc) is 2.93. The molecule has 1 amide bonds. The molecule has 0 unspecified atom stereocenters. The molecule has 3 N–H and O–H groups in total. The molecule has 0 spiro atoms. The highest BCUT2D eigenvalue weighted by molar-refractivity contribution is 7.07. The summed E-state index contributed by atoms with van der Waals surface area (Å²) < 4.78 is 17.3. The first-order valence-corrected chi connectivity index (χ1v) is 6.05. The third-order valence-electron chi connectivity index (χ3n) is 2.14. The van der Waals surface area contributed by atoms with E-state index in [1.807, 2.05) is 0 Å². The highest BCUT2D eigenvalue weighted by atomic mass is 32.1. The van der Waals surface area contributed by atoms with E-state index in [1.54, 1.807) is 6.07 Å². The zero-order valence-corrected chi connectivity index (χ0v) is 10.5. The molecule has 96 valence electrons. The SMILES string of the molecule is NCC#Cc1ccc(NC(=O)c2cnns2)c(F)c1. The zero-order chi connectivity index (χ0) is 13.7. The Morgan fingerprint density at radius 3 is 3.00 bits per heavy atom. The van der Waals surface area contributed by atoms with Crippen molar-refractivity contribution >= 4 is 23.1 Å². The maximum absolute atomic E-state index is 13.7. The van der Waals surface area contributed by atoms with Crippen LogP contribution in [-0.2, 0) is 0 Å². The van der Waals surface area contributed by atoms with Crippen molar-refractivity contribution in [2.24, 2.45) is 5.73 Å². The molecule has 5 nitrogen and oxygen atoms in total. The number of benzene rings is 1. The van der Waals surface area contributed by atoms with Crippen LogP contribution in [0.15, 0.2) is 24.4 Å². The molecule has 0 aliphatic heterocycles. The van der Waals surface area contributed by atoms with Gasteiger partial charge in [-0.15, -0.1) is 5.10 Å². The lowest BCUT2D eigenvalue weighted by atomic mass is 10.2. The summed E-state index contributed by atoms with van der Waals surface area (Å²) in [6, 6.07) is 4.29. The highest BCUT2D eigenvalue weighted by Gasteiger charge is 2.11. The molecule has 0 bridgehead atoms. The van der Waals surface area contributed by atoms with E-state index in [2.05, 4.69) is 26.7 Å². The second kappa shape index (κ2) is 6.04. The van der Waals surface area contributed by atoms with Gasteiger partial charge in [0.15, 0.2) is 0 Å². The van der Waals surface area contributed by atoms with Crippen LogP contribution in [0, 0.1) is 17.7 Å². The van der Waals surface area contributed by atoms with Crippen molar-refractivity contribution in [3.05, 3.63) is 40.7 Å². The molecule has 2 aromatic rings. The molecule has 7 heteroatoms. The van der Waals surface area contributed by atoms with Gasteiger partial charge in [0.05, 0.1) is 18.4 Å². The number of amides is 1. The lowest BCUT2D eigenvalue weighted by Crippen LogP contribution is -2.11. The van der Waals surface area contributed by atoms with Crippen LogP contribution in [-0.4, -0.2) is 22.0 Å². The topological polar surface area (TPSA) is 80.9 Å². The third-order valence-corrected chi connectivity index (χ3v) is 2.80. The van der Waals surface area contributed by atoms with Gasteiger partial charge in [-0.1, -0.05) is 16.3 Å². The van der Waals surface area contributed by atoms with Gasteiger partial charge >= 0.3 is 0 Å². The Balaban J connectivity index is 2.15. The van der Waals surface area contributed by atoms with Gasteiger partial charge in [-0.25, -0.2) is 4.39 Å². The van der Waals surface area contributed by atoms with Crippen LogP contribution in [0.5, 0.6) is 0 Å². The Labute approximate surface area is 112 Å². The summed E-state index contributed by atoms with van der Waals surface area (Å²) >= 11 is 0.939.